The van der Waals surface area contributed by atoms with E-state index in [2.05, 4.69) is 54.0 Å². The van der Waals surface area contributed by atoms with Crippen LogP contribution in [0, 0.1) is 0 Å². The van der Waals surface area contributed by atoms with Crippen LogP contribution in [0.2, 0.25) is 0 Å². The molecule has 1 aromatic carbocycles. The first-order chi connectivity index (χ1) is 11.1. The fraction of sp³-hybridized carbons (Fsp3) is 0.650. The van der Waals surface area contributed by atoms with Crippen LogP contribution in [0.4, 0.5) is 0 Å². The van der Waals surface area contributed by atoms with Crippen LogP contribution in [0.1, 0.15) is 51.5 Å². The number of carbonyl (C=O) groups is 1. The molecule has 3 rings (SSSR count). The molecule has 0 aromatic heterocycles. The lowest BCUT2D eigenvalue weighted by molar-refractivity contribution is -0.149. The highest BCUT2D eigenvalue weighted by molar-refractivity contribution is 5.87. The van der Waals surface area contributed by atoms with Crippen molar-refractivity contribution in [2.45, 2.75) is 64.0 Å². The lowest BCUT2D eigenvalue weighted by Crippen LogP contribution is -2.61. The topological polar surface area (TPSA) is 23.6 Å². The highest BCUT2D eigenvalue weighted by atomic mass is 16.2. The second-order valence-electron chi connectivity index (χ2n) is 7.41. The maximum atomic E-state index is 13.1. The minimum Gasteiger partial charge on any atom is -0.339 e. The maximum absolute atomic E-state index is 13.1. The van der Waals surface area contributed by atoms with Crippen molar-refractivity contribution >= 4 is 5.91 Å². The lowest BCUT2D eigenvalue weighted by atomic mass is 9.84. The summed E-state index contributed by atoms with van der Waals surface area (Å²) in [5.74, 6) is 0.399. The Kier molecular flexibility index (Phi) is 5.05. The van der Waals surface area contributed by atoms with Gasteiger partial charge in [-0.15, -0.1) is 0 Å². The molecule has 1 aromatic rings. The second-order valence-corrected chi connectivity index (χ2v) is 7.41. The third kappa shape index (κ3) is 3.30. The Balaban J connectivity index is 1.63. The Labute approximate surface area is 140 Å². The molecule has 2 aliphatic rings. The van der Waals surface area contributed by atoms with Gasteiger partial charge in [-0.1, -0.05) is 30.3 Å². The van der Waals surface area contributed by atoms with Gasteiger partial charge in [0.25, 0.3) is 0 Å². The summed E-state index contributed by atoms with van der Waals surface area (Å²) in [7, 11) is 0. The van der Waals surface area contributed by atoms with E-state index in [0.717, 1.165) is 51.7 Å². The van der Waals surface area contributed by atoms with Gasteiger partial charge < -0.3 is 4.90 Å². The van der Waals surface area contributed by atoms with Gasteiger partial charge in [0.2, 0.25) is 5.91 Å². The van der Waals surface area contributed by atoms with Crippen LogP contribution >= 0.6 is 0 Å². The number of hydrogen-bond acceptors (Lipinski definition) is 2. The zero-order chi connectivity index (χ0) is 16.3. The zero-order valence-electron chi connectivity index (χ0n) is 14.6. The predicted molar refractivity (Wildman–Crippen MR) is 94.4 cm³/mol. The fourth-order valence-electron chi connectivity index (χ4n) is 4.41. The van der Waals surface area contributed by atoms with E-state index in [-0.39, 0.29) is 5.54 Å². The summed E-state index contributed by atoms with van der Waals surface area (Å²) in [6, 6.07) is 11.0. The van der Waals surface area contributed by atoms with Crippen molar-refractivity contribution in [1.29, 1.82) is 0 Å². The van der Waals surface area contributed by atoms with E-state index in [0.29, 0.717) is 11.9 Å². The quantitative estimate of drug-likeness (QED) is 0.830. The number of rotatable bonds is 5. The van der Waals surface area contributed by atoms with Gasteiger partial charge in [0.05, 0.1) is 0 Å². The Morgan fingerprint density at radius 3 is 2.48 bits per heavy atom. The molecule has 0 N–H and O–H groups in total. The zero-order valence-corrected chi connectivity index (χ0v) is 14.6. The van der Waals surface area contributed by atoms with E-state index in [4.69, 9.17) is 0 Å². The molecule has 3 heteroatoms. The summed E-state index contributed by atoms with van der Waals surface area (Å²) in [6.07, 6.45) is 6.68. The molecule has 1 amide bonds. The summed E-state index contributed by atoms with van der Waals surface area (Å²) in [5.41, 5.74) is 1.22. The van der Waals surface area contributed by atoms with Crippen molar-refractivity contribution in [1.82, 2.24) is 9.80 Å². The van der Waals surface area contributed by atoms with Gasteiger partial charge in [-0.25, -0.2) is 0 Å². The first kappa shape index (κ1) is 16.5. The minimum absolute atomic E-state index is 0.181. The Morgan fingerprint density at radius 1 is 1.09 bits per heavy atom. The molecule has 2 saturated heterocycles. The number of amides is 1. The smallest absolute Gasteiger partial charge is 0.243 e. The van der Waals surface area contributed by atoms with Gasteiger partial charge in [0.15, 0.2) is 0 Å². The van der Waals surface area contributed by atoms with E-state index in [9.17, 15) is 4.79 Å². The van der Waals surface area contributed by atoms with E-state index in [1.54, 1.807) is 0 Å². The van der Waals surface area contributed by atoms with Gasteiger partial charge in [0.1, 0.15) is 5.54 Å². The standard InChI is InChI=1S/C20H30N2O/c1-17(2)22-16-8-13-20(19(22)23)12-7-15-21(20)14-6-11-18-9-4-3-5-10-18/h3-5,9-10,17H,6-8,11-16H2,1-2H3. The van der Waals surface area contributed by atoms with Crippen LogP contribution < -0.4 is 0 Å². The predicted octanol–water partition coefficient (Wildman–Crippen LogP) is 3.48. The van der Waals surface area contributed by atoms with Gasteiger partial charge in [-0.2, -0.15) is 0 Å². The Hall–Kier alpha value is -1.35. The first-order valence-electron chi connectivity index (χ1n) is 9.23. The van der Waals surface area contributed by atoms with E-state index in [1.165, 1.54) is 12.0 Å². The molecule has 1 spiro atoms. The van der Waals surface area contributed by atoms with Crippen LogP contribution in [0.5, 0.6) is 0 Å². The Morgan fingerprint density at radius 2 is 1.78 bits per heavy atom. The van der Waals surface area contributed by atoms with Crippen LogP contribution in [0.15, 0.2) is 30.3 Å². The first-order valence-corrected chi connectivity index (χ1v) is 9.23. The lowest BCUT2D eigenvalue weighted by Gasteiger charge is -2.46. The van der Waals surface area contributed by atoms with Crippen LogP contribution in [0.25, 0.3) is 0 Å². The highest BCUT2D eigenvalue weighted by Crippen LogP contribution is 2.38. The SMILES string of the molecule is CC(C)N1CCCC2(CCCN2CCCc2ccccc2)C1=O. The summed E-state index contributed by atoms with van der Waals surface area (Å²) in [6.45, 7) is 7.37. The largest absolute Gasteiger partial charge is 0.339 e. The molecule has 2 heterocycles. The second kappa shape index (κ2) is 7.04. The van der Waals surface area contributed by atoms with Gasteiger partial charge in [-0.05, 0) is 71.0 Å². The molecule has 23 heavy (non-hydrogen) atoms. The summed E-state index contributed by atoms with van der Waals surface area (Å²) in [5, 5.41) is 0. The summed E-state index contributed by atoms with van der Waals surface area (Å²) in [4.78, 5) is 17.7. The van der Waals surface area contributed by atoms with Crippen molar-refractivity contribution in [2.75, 3.05) is 19.6 Å². The number of nitrogens with zero attached hydrogens (tertiary/aromatic N) is 2. The molecule has 126 valence electrons. The molecule has 0 bridgehead atoms. The van der Waals surface area contributed by atoms with Crippen molar-refractivity contribution in [3.63, 3.8) is 0 Å². The number of benzene rings is 1. The van der Waals surface area contributed by atoms with Crippen molar-refractivity contribution in [3.05, 3.63) is 35.9 Å². The normalized spacial score (nSPS) is 25.7. The van der Waals surface area contributed by atoms with Gasteiger partial charge in [0, 0.05) is 12.6 Å². The van der Waals surface area contributed by atoms with Crippen LogP contribution in [0.3, 0.4) is 0 Å². The van der Waals surface area contributed by atoms with Crippen molar-refractivity contribution < 1.29 is 4.79 Å². The van der Waals surface area contributed by atoms with Crippen molar-refractivity contribution in [3.8, 4) is 0 Å². The monoisotopic (exact) mass is 314 g/mol. The molecule has 0 aliphatic carbocycles. The molecule has 1 unspecified atom stereocenters. The van der Waals surface area contributed by atoms with E-state index >= 15 is 0 Å². The average Bonchev–Trinajstić information content (AvgIpc) is 2.95. The maximum Gasteiger partial charge on any atom is 0.243 e. The van der Waals surface area contributed by atoms with Crippen LogP contribution in [-0.2, 0) is 11.2 Å². The summed E-state index contributed by atoms with van der Waals surface area (Å²) >= 11 is 0. The number of hydrogen-bond donors (Lipinski definition) is 0. The van der Waals surface area contributed by atoms with E-state index in [1.807, 2.05) is 0 Å². The fourth-order valence-corrected chi connectivity index (χ4v) is 4.41. The summed E-state index contributed by atoms with van der Waals surface area (Å²) < 4.78 is 0. The van der Waals surface area contributed by atoms with Gasteiger partial charge in [-0.3, -0.25) is 9.69 Å². The number of carbonyl (C=O) groups excluding carboxylic acids is 1. The molecule has 1 atom stereocenters. The molecule has 0 saturated carbocycles. The number of likely N-dealkylation sites (tertiary alicyclic amines) is 2. The molecule has 3 nitrogen and oxygen atoms in total. The number of piperidine rings is 1. The molecule has 2 aliphatic heterocycles. The molecular formula is C20H30N2O. The van der Waals surface area contributed by atoms with E-state index < -0.39 is 0 Å². The molecular weight excluding hydrogens is 284 g/mol. The molecule has 0 radical (unpaired) electrons. The minimum atomic E-state index is -0.181. The highest BCUT2D eigenvalue weighted by Gasteiger charge is 2.50. The third-order valence-corrected chi connectivity index (χ3v) is 5.63. The van der Waals surface area contributed by atoms with Gasteiger partial charge >= 0.3 is 0 Å². The van der Waals surface area contributed by atoms with Crippen LogP contribution in [-0.4, -0.2) is 46.9 Å². The van der Waals surface area contributed by atoms with Crippen molar-refractivity contribution in [2.24, 2.45) is 0 Å². The average molecular weight is 314 g/mol. The number of aryl methyl sites for hydroxylation is 1. The Bertz CT molecular complexity index is 528. The third-order valence-electron chi connectivity index (χ3n) is 5.63. The molecule has 2 fully saturated rings.